The topological polar surface area (TPSA) is 105 Å². The number of nitrogens with one attached hydrogen (secondary N) is 3. The molecule has 4 aromatic rings. The minimum atomic E-state index is -0.116. The number of pyridine rings is 1. The van der Waals surface area contributed by atoms with Crippen LogP contribution in [0.5, 0.6) is 5.88 Å². The Morgan fingerprint density at radius 2 is 1.92 bits per heavy atom. The smallest absolute Gasteiger partial charge is 0.199 e. The molecule has 0 fully saturated rings. The Kier molecular flexibility index (Phi) is 3.18. The van der Waals surface area contributed by atoms with E-state index in [0.29, 0.717) is 16.8 Å². The second-order valence-corrected chi connectivity index (χ2v) is 5.48. The van der Waals surface area contributed by atoms with Gasteiger partial charge in [-0.1, -0.05) is 24.3 Å². The van der Waals surface area contributed by atoms with Crippen molar-refractivity contribution < 1.29 is 10.3 Å². The quantitative estimate of drug-likeness (QED) is 0.222. The van der Waals surface area contributed by atoms with Gasteiger partial charge in [0.1, 0.15) is 5.84 Å². The highest BCUT2D eigenvalue weighted by atomic mass is 16.5. The predicted octanol–water partition coefficient (Wildman–Crippen LogP) is 3.39. The molecule has 0 aliphatic rings. The molecule has 0 aliphatic heterocycles. The molecule has 0 radical (unpaired) electrons. The van der Waals surface area contributed by atoms with Gasteiger partial charge in [0, 0.05) is 21.9 Å². The van der Waals surface area contributed by atoms with E-state index in [1.165, 1.54) is 0 Å². The zero-order chi connectivity index (χ0) is 16.7. The number of para-hydroxylation sites is 1. The first-order chi connectivity index (χ1) is 11.7. The van der Waals surface area contributed by atoms with E-state index in [1.54, 1.807) is 18.2 Å². The molecule has 6 nitrogen and oxygen atoms in total. The van der Waals surface area contributed by atoms with Gasteiger partial charge in [0.2, 0.25) is 0 Å². The molecule has 0 unspecified atom stereocenters. The number of aromatic amines is 1. The monoisotopic (exact) mass is 318 g/mol. The van der Waals surface area contributed by atoms with Crippen molar-refractivity contribution in [2.24, 2.45) is 0 Å². The van der Waals surface area contributed by atoms with E-state index >= 15 is 0 Å². The van der Waals surface area contributed by atoms with Crippen molar-refractivity contribution >= 4 is 27.6 Å². The molecular weight excluding hydrogens is 304 g/mol. The largest absolute Gasteiger partial charge is 0.494 e. The van der Waals surface area contributed by atoms with Gasteiger partial charge in [0.25, 0.3) is 0 Å². The third-order valence-electron chi connectivity index (χ3n) is 4.03. The van der Waals surface area contributed by atoms with Crippen LogP contribution in [0.1, 0.15) is 5.56 Å². The predicted molar refractivity (Wildman–Crippen MR) is 92.5 cm³/mol. The number of aromatic nitrogens is 2. The summed E-state index contributed by atoms with van der Waals surface area (Å²) in [6.45, 7) is 0. The fourth-order valence-electron chi connectivity index (χ4n) is 2.86. The van der Waals surface area contributed by atoms with E-state index in [0.717, 1.165) is 21.8 Å². The van der Waals surface area contributed by atoms with Gasteiger partial charge in [-0.2, -0.15) is 0 Å². The van der Waals surface area contributed by atoms with E-state index in [1.807, 2.05) is 41.9 Å². The van der Waals surface area contributed by atoms with E-state index in [-0.39, 0.29) is 11.7 Å². The van der Waals surface area contributed by atoms with Gasteiger partial charge in [-0.05, 0) is 30.3 Å². The first-order valence-corrected chi connectivity index (χ1v) is 7.37. The Morgan fingerprint density at radius 3 is 2.75 bits per heavy atom. The molecule has 0 saturated carbocycles. The van der Waals surface area contributed by atoms with Crippen LogP contribution in [-0.4, -0.2) is 26.1 Å². The van der Waals surface area contributed by atoms with Gasteiger partial charge in [0.15, 0.2) is 5.88 Å². The van der Waals surface area contributed by atoms with Crippen molar-refractivity contribution in [1.82, 2.24) is 15.4 Å². The molecule has 0 aliphatic carbocycles. The SMILES string of the molecule is N=C(NO)c1ccc2[nH]c(O)c(-c3ccc4ccccc4n3)c2c1. The van der Waals surface area contributed by atoms with Gasteiger partial charge in [0.05, 0.1) is 16.8 Å². The summed E-state index contributed by atoms with van der Waals surface area (Å²) in [4.78, 5) is 7.54. The van der Waals surface area contributed by atoms with Crippen LogP contribution in [0.25, 0.3) is 33.1 Å². The van der Waals surface area contributed by atoms with Crippen LogP contribution < -0.4 is 5.48 Å². The summed E-state index contributed by atoms with van der Waals surface area (Å²) < 4.78 is 0. The summed E-state index contributed by atoms with van der Waals surface area (Å²) in [5.41, 5.74) is 5.11. The number of hydrogen-bond acceptors (Lipinski definition) is 4. The number of fused-ring (bicyclic) bond motifs is 2. The Labute approximate surface area is 136 Å². The van der Waals surface area contributed by atoms with Gasteiger partial charge in [-0.3, -0.25) is 16.1 Å². The second kappa shape index (κ2) is 5.36. The van der Waals surface area contributed by atoms with Crippen LogP contribution in [0.4, 0.5) is 0 Å². The number of benzene rings is 2. The van der Waals surface area contributed by atoms with E-state index in [9.17, 15) is 5.11 Å². The Morgan fingerprint density at radius 1 is 1.08 bits per heavy atom. The molecule has 2 aromatic carbocycles. The number of nitrogens with zero attached hydrogens (tertiary/aromatic N) is 1. The number of H-pyrrole nitrogens is 1. The molecule has 0 amide bonds. The summed E-state index contributed by atoms with van der Waals surface area (Å²) in [6, 6.07) is 16.7. The highest BCUT2D eigenvalue weighted by molar-refractivity contribution is 6.04. The lowest BCUT2D eigenvalue weighted by Gasteiger charge is -2.05. The van der Waals surface area contributed by atoms with Gasteiger partial charge in [-0.15, -0.1) is 0 Å². The number of hydroxylamine groups is 1. The van der Waals surface area contributed by atoms with Crippen molar-refractivity contribution in [3.05, 3.63) is 60.2 Å². The molecule has 6 heteroatoms. The van der Waals surface area contributed by atoms with Crippen LogP contribution in [0, 0.1) is 5.41 Å². The highest BCUT2D eigenvalue weighted by Gasteiger charge is 2.16. The highest BCUT2D eigenvalue weighted by Crippen LogP contribution is 2.36. The van der Waals surface area contributed by atoms with Crippen LogP contribution >= 0.6 is 0 Å². The molecular formula is C18H14N4O2. The molecule has 4 rings (SSSR count). The number of aromatic hydroxyl groups is 1. The summed E-state index contributed by atoms with van der Waals surface area (Å²) in [6.07, 6.45) is 0. The average molecular weight is 318 g/mol. The fourth-order valence-corrected chi connectivity index (χ4v) is 2.86. The van der Waals surface area contributed by atoms with Gasteiger partial charge < -0.3 is 10.1 Å². The molecule has 5 N–H and O–H groups in total. The van der Waals surface area contributed by atoms with Gasteiger partial charge >= 0.3 is 0 Å². The summed E-state index contributed by atoms with van der Waals surface area (Å²) in [5, 5.41) is 28.7. The molecule has 0 saturated heterocycles. The summed E-state index contributed by atoms with van der Waals surface area (Å²) in [7, 11) is 0. The third kappa shape index (κ3) is 2.17. The average Bonchev–Trinajstić information content (AvgIpc) is 2.95. The molecule has 0 spiro atoms. The maximum absolute atomic E-state index is 10.3. The minimum Gasteiger partial charge on any atom is -0.494 e. The van der Waals surface area contributed by atoms with E-state index in [4.69, 9.17) is 10.6 Å². The number of hydrogen-bond donors (Lipinski definition) is 5. The summed E-state index contributed by atoms with van der Waals surface area (Å²) >= 11 is 0. The van der Waals surface area contributed by atoms with Crippen LogP contribution in [0.3, 0.4) is 0 Å². The zero-order valence-electron chi connectivity index (χ0n) is 12.5. The maximum atomic E-state index is 10.3. The normalized spacial score (nSPS) is 11.0. The molecule has 24 heavy (non-hydrogen) atoms. The van der Waals surface area contributed by atoms with Crippen molar-refractivity contribution in [2.45, 2.75) is 0 Å². The van der Waals surface area contributed by atoms with Crippen molar-refractivity contribution in [2.75, 3.05) is 0 Å². The molecule has 118 valence electrons. The van der Waals surface area contributed by atoms with Crippen LogP contribution in [0.15, 0.2) is 54.6 Å². The van der Waals surface area contributed by atoms with Crippen molar-refractivity contribution in [3.63, 3.8) is 0 Å². The number of amidine groups is 1. The Bertz CT molecular complexity index is 1080. The first-order valence-electron chi connectivity index (χ1n) is 7.37. The van der Waals surface area contributed by atoms with Crippen LogP contribution in [0.2, 0.25) is 0 Å². The molecule has 2 heterocycles. The first kappa shape index (κ1) is 14.2. The lowest BCUT2D eigenvalue weighted by Crippen LogP contribution is -2.18. The van der Waals surface area contributed by atoms with Crippen molar-refractivity contribution in [1.29, 1.82) is 5.41 Å². The lowest BCUT2D eigenvalue weighted by atomic mass is 10.0. The van der Waals surface area contributed by atoms with Crippen LogP contribution in [-0.2, 0) is 0 Å². The Hall–Kier alpha value is -3.38. The fraction of sp³-hybridized carbons (Fsp3) is 0. The van der Waals surface area contributed by atoms with Crippen molar-refractivity contribution in [3.8, 4) is 17.1 Å². The van der Waals surface area contributed by atoms with E-state index < -0.39 is 0 Å². The van der Waals surface area contributed by atoms with E-state index in [2.05, 4.69) is 9.97 Å². The molecule has 2 aromatic heterocycles. The minimum absolute atomic E-state index is 0.0217. The number of rotatable bonds is 2. The standard InChI is InChI=1S/C18H14N4O2/c19-17(22-24)11-6-7-14-12(9-11)16(18(23)21-14)15-8-5-10-3-1-2-4-13(10)20-15/h1-9,21,23-24H,(H2,19,22). The Balaban J connectivity index is 1.96. The second-order valence-electron chi connectivity index (χ2n) is 5.48. The third-order valence-corrected chi connectivity index (χ3v) is 4.03. The maximum Gasteiger partial charge on any atom is 0.199 e. The van der Waals surface area contributed by atoms with Gasteiger partial charge in [-0.25, -0.2) is 4.98 Å². The molecule has 0 atom stereocenters. The lowest BCUT2D eigenvalue weighted by molar-refractivity contribution is 0.234. The zero-order valence-corrected chi connectivity index (χ0v) is 12.5. The summed E-state index contributed by atoms with van der Waals surface area (Å²) in [5.74, 6) is -0.0940. The molecule has 0 bridgehead atoms.